The van der Waals surface area contributed by atoms with Crippen LogP contribution in [0, 0.1) is 41.4 Å². The molecule has 5 heteroatoms. The molecule has 1 unspecified atom stereocenters. The first-order valence-corrected chi connectivity index (χ1v) is 17.1. The second-order valence-corrected chi connectivity index (χ2v) is 17.8. The lowest BCUT2D eigenvalue weighted by Gasteiger charge is -2.62. The van der Waals surface area contributed by atoms with E-state index in [0.717, 1.165) is 31.6 Å². The van der Waals surface area contributed by atoms with Crippen LogP contribution in [0.25, 0.3) is 0 Å². The van der Waals surface area contributed by atoms with Crippen molar-refractivity contribution in [2.45, 2.75) is 128 Å². The van der Waals surface area contributed by atoms with Crippen molar-refractivity contribution >= 4 is 8.32 Å². The first kappa shape index (κ1) is 26.7. The highest BCUT2D eigenvalue weighted by Gasteiger charge is 2.68. The van der Waals surface area contributed by atoms with Gasteiger partial charge in [-0.1, -0.05) is 78.1 Å². The van der Waals surface area contributed by atoms with Crippen LogP contribution in [0.4, 0.5) is 0 Å². The zero-order valence-corrected chi connectivity index (χ0v) is 23.7. The number of rotatable bonds is 7. The number of fused-ring (bicyclic) bond motifs is 2. The highest BCUT2D eigenvalue weighted by atomic mass is 28.4. The molecular weight excluding hydrogens is 440 g/mol. The van der Waals surface area contributed by atoms with Gasteiger partial charge in [0.05, 0.1) is 25.2 Å². The summed E-state index contributed by atoms with van der Waals surface area (Å²) in [5.41, 5.74) is 0. The van der Waals surface area contributed by atoms with Crippen LogP contribution in [0.2, 0.25) is 18.1 Å². The molecule has 0 radical (unpaired) electrons. The third kappa shape index (κ3) is 5.18. The predicted octanol–water partition coefficient (Wildman–Crippen LogP) is 6.53. The lowest BCUT2D eigenvalue weighted by Crippen LogP contribution is -2.67. The summed E-state index contributed by atoms with van der Waals surface area (Å²) in [4.78, 5) is 0. The molecule has 194 valence electrons. The fraction of sp³-hybridized carbons (Fsp3) is 0.931. The summed E-state index contributed by atoms with van der Waals surface area (Å²) in [6.07, 6.45) is 11.2. The lowest BCUT2D eigenvalue weighted by molar-refractivity contribution is -0.341. The molecule has 3 aliphatic carbocycles. The minimum Gasteiger partial charge on any atom is -0.403 e. The maximum Gasteiger partial charge on any atom is 0.193 e. The number of hydrogen-bond acceptors (Lipinski definition) is 4. The number of unbranched alkanes of at least 4 members (excludes halogenated alkanes) is 1. The lowest BCUT2D eigenvalue weighted by atomic mass is 9.49. The molecular formula is C29H50O4Si. The monoisotopic (exact) mass is 490 g/mol. The molecule has 4 fully saturated rings. The molecule has 4 nitrogen and oxygen atoms in total. The van der Waals surface area contributed by atoms with Crippen molar-refractivity contribution in [3.63, 3.8) is 0 Å². The van der Waals surface area contributed by atoms with Gasteiger partial charge in [0, 0.05) is 11.8 Å². The standard InChI is InChI=1S/C29H50O4Si/c1-7-8-13-24-27-23(26(30)17-16-25(27)29(24)31-18-19-32-29)15-14-22(20-21-11-9-10-12-21)33-34(5,6)28(2,3)4/h21-27,30H,7-13,16-20H2,1-6H3/t22-,23-,24?,25-,26+,27-/m1/s1. The minimum absolute atomic E-state index is 0.00752. The van der Waals surface area contributed by atoms with Gasteiger partial charge in [-0.05, 0) is 55.7 Å². The van der Waals surface area contributed by atoms with E-state index in [4.69, 9.17) is 13.9 Å². The molecule has 0 amide bonds. The average Bonchev–Trinajstić information content (AvgIpc) is 3.45. The SMILES string of the molecule is CCCCC1[C@H]2[C@H](C#C[C@H](CC3CCCC3)O[Si](C)(C)C(C)(C)C)[C@@H](O)CC[C@H]2C12OCCO2. The summed E-state index contributed by atoms with van der Waals surface area (Å²) < 4.78 is 19.5. The summed E-state index contributed by atoms with van der Waals surface area (Å²) in [6, 6.07) is 0. The quantitative estimate of drug-likeness (QED) is 0.326. The smallest absolute Gasteiger partial charge is 0.193 e. The molecule has 0 aromatic rings. The Morgan fingerprint density at radius 3 is 2.38 bits per heavy atom. The van der Waals surface area contributed by atoms with Crippen LogP contribution in [-0.4, -0.2) is 44.6 Å². The van der Waals surface area contributed by atoms with E-state index in [1.54, 1.807) is 0 Å². The van der Waals surface area contributed by atoms with Crippen LogP contribution in [-0.2, 0) is 13.9 Å². The Hall–Kier alpha value is -0.383. The normalized spacial score (nSPS) is 34.4. The zero-order chi connectivity index (χ0) is 24.6. The van der Waals surface area contributed by atoms with Gasteiger partial charge in [-0.3, -0.25) is 0 Å². The minimum atomic E-state index is -1.92. The summed E-state index contributed by atoms with van der Waals surface area (Å²) in [6.45, 7) is 15.3. The van der Waals surface area contributed by atoms with Gasteiger partial charge in [-0.2, -0.15) is 0 Å². The molecule has 1 heterocycles. The van der Waals surface area contributed by atoms with Crippen molar-refractivity contribution in [2.24, 2.45) is 29.6 Å². The molecule has 4 rings (SSSR count). The van der Waals surface area contributed by atoms with Crippen molar-refractivity contribution in [3.8, 4) is 11.8 Å². The van der Waals surface area contributed by atoms with Gasteiger partial charge in [0.25, 0.3) is 0 Å². The van der Waals surface area contributed by atoms with E-state index < -0.39 is 14.1 Å². The van der Waals surface area contributed by atoms with E-state index in [2.05, 4.69) is 52.6 Å². The number of hydrogen-bond donors (Lipinski definition) is 1. The van der Waals surface area contributed by atoms with Crippen molar-refractivity contribution in [3.05, 3.63) is 0 Å². The Kier molecular flexibility index (Phi) is 8.27. The van der Waals surface area contributed by atoms with Crippen LogP contribution in [0.5, 0.6) is 0 Å². The van der Waals surface area contributed by atoms with Crippen molar-refractivity contribution in [1.82, 2.24) is 0 Å². The zero-order valence-electron chi connectivity index (χ0n) is 22.7. The van der Waals surface area contributed by atoms with Crippen molar-refractivity contribution in [2.75, 3.05) is 13.2 Å². The average molecular weight is 491 g/mol. The number of ether oxygens (including phenoxy) is 2. The van der Waals surface area contributed by atoms with E-state index >= 15 is 0 Å². The fourth-order valence-electron chi connectivity index (χ4n) is 6.94. The Morgan fingerprint density at radius 2 is 1.76 bits per heavy atom. The van der Waals surface area contributed by atoms with Crippen LogP contribution in [0.15, 0.2) is 0 Å². The Labute approximate surface area is 210 Å². The molecule has 1 N–H and O–H groups in total. The number of aliphatic hydroxyl groups is 1. The van der Waals surface area contributed by atoms with Crippen LogP contribution < -0.4 is 0 Å². The molecule has 34 heavy (non-hydrogen) atoms. The summed E-state index contributed by atoms with van der Waals surface area (Å²) in [5, 5.41) is 11.3. The molecule has 4 aliphatic rings. The highest BCUT2D eigenvalue weighted by Crippen LogP contribution is 2.63. The summed E-state index contributed by atoms with van der Waals surface area (Å²) in [5.74, 6) is 8.72. The van der Waals surface area contributed by atoms with E-state index in [1.807, 2.05) is 0 Å². The summed E-state index contributed by atoms with van der Waals surface area (Å²) >= 11 is 0. The van der Waals surface area contributed by atoms with E-state index in [-0.39, 0.29) is 23.2 Å². The molecule has 0 aromatic heterocycles. The van der Waals surface area contributed by atoms with Gasteiger partial charge in [-0.25, -0.2) is 0 Å². The molecule has 1 spiro atoms. The van der Waals surface area contributed by atoms with Gasteiger partial charge >= 0.3 is 0 Å². The third-order valence-corrected chi connectivity index (χ3v) is 14.3. The third-order valence-electron chi connectivity index (χ3n) is 9.85. The second kappa shape index (κ2) is 10.5. The van der Waals surface area contributed by atoms with Gasteiger partial charge < -0.3 is 19.0 Å². The largest absolute Gasteiger partial charge is 0.403 e. The predicted molar refractivity (Wildman–Crippen MR) is 140 cm³/mol. The molecule has 6 atom stereocenters. The maximum absolute atomic E-state index is 11.1. The fourth-order valence-corrected chi connectivity index (χ4v) is 8.16. The topological polar surface area (TPSA) is 47.9 Å². The Balaban J connectivity index is 1.56. The first-order valence-electron chi connectivity index (χ1n) is 14.2. The van der Waals surface area contributed by atoms with Gasteiger partial charge in [0.1, 0.15) is 6.10 Å². The van der Waals surface area contributed by atoms with E-state index in [0.29, 0.717) is 31.0 Å². The Bertz CT molecular complexity index is 735. The van der Waals surface area contributed by atoms with Crippen LogP contribution >= 0.6 is 0 Å². The highest BCUT2D eigenvalue weighted by molar-refractivity contribution is 6.74. The van der Waals surface area contributed by atoms with Crippen molar-refractivity contribution < 1.29 is 19.0 Å². The number of aliphatic hydroxyl groups excluding tert-OH is 1. The van der Waals surface area contributed by atoms with Gasteiger partial charge in [-0.15, -0.1) is 0 Å². The van der Waals surface area contributed by atoms with E-state index in [9.17, 15) is 5.11 Å². The molecule has 0 bridgehead atoms. The van der Waals surface area contributed by atoms with Crippen LogP contribution in [0.1, 0.15) is 91.9 Å². The second-order valence-electron chi connectivity index (χ2n) is 13.1. The van der Waals surface area contributed by atoms with E-state index in [1.165, 1.54) is 38.5 Å². The van der Waals surface area contributed by atoms with Crippen LogP contribution in [0.3, 0.4) is 0 Å². The summed E-state index contributed by atoms with van der Waals surface area (Å²) in [7, 11) is -1.92. The van der Waals surface area contributed by atoms with Gasteiger partial charge in [0.15, 0.2) is 14.1 Å². The molecule has 1 aliphatic heterocycles. The maximum atomic E-state index is 11.1. The Morgan fingerprint density at radius 1 is 1.09 bits per heavy atom. The van der Waals surface area contributed by atoms with Gasteiger partial charge in [0.2, 0.25) is 0 Å². The molecule has 0 aromatic carbocycles. The first-order chi connectivity index (χ1) is 16.1. The molecule has 3 saturated carbocycles. The molecule has 1 saturated heterocycles. The van der Waals surface area contributed by atoms with Crippen molar-refractivity contribution in [1.29, 1.82) is 0 Å².